The van der Waals surface area contributed by atoms with E-state index in [1.54, 1.807) is 20.8 Å². The van der Waals surface area contributed by atoms with Crippen molar-refractivity contribution in [1.29, 1.82) is 0 Å². The van der Waals surface area contributed by atoms with E-state index in [1.165, 1.54) is 0 Å². The number of aromatic nitrogens is 1. The maximum absolute atomic E-state index is 12.4. The van der Waals surface area contributed by atoms with Crippen LogP contribution < -0.4 is 5.32 Å². The first-order valence-corrected chi connectivity index (χ1v) is 8.48. The highest BCUT2D eigenvalue weighted by Gasteiger charge is 2.32. The van der Waals surface area contributed by atoms with Crippen molar-refractivity contribution >= 4 is 33.2 Å². The van der Waals surface area contributed by atoms with E-state index in [9.17, 15) is 18.0 Å². The predicted octanol–water partition coefficient (Wildman–Crippen LogP) is 0.376. The fourth-order valence-corrected chi connectivity index (χ4v) is 4.26. The van der Waals surface area contributed by atoms with Gasteiger partial charge in [0, 0.05) is 12.6 Å². The van der Waals surface area contributed by atoms with Crippen LogP contribution >= 0.6 is 11.3 Å². The van der Waals surface area contributed by atoms with Crippen LogP contribution in [0.1, 0.15) is 31.3 Å². The first kappa shape index (κ1) is 17.5. The maximum Gasteiger partial charge on any atom is 0.356 e. The summed E-state index contributed by atoms with van der Waals surface area (Å²) < 4.78 is 25.4. The minimum absolute atomic E-state index is 0.0464. The van der Waals surface area contributed by atoms with Crippen LogP contribution in [0.3, 0.4) is 0 Å². The third-order valence-corrected chi connectivity index (χ3v) is 5.70. The topological polar surface area (TPSA) is 117 Å². The lowest BCUT2D eigenvalue weighted by Gasteiger charge is -2.20. The lowest BCUT2D eigenvalue weighted by Crippen LogP contribution is -2.42. The molecule has 0 saturated carbocycles. The molecule has 8 nitrogen and oxygen atoms in total. The van der Waals surface area contributed by atoms with Gasteiger partial charge in [0.05, 0.1) is 12.1 Å². The van der Waals surface area contributed by atoms with Crippen LogP contribution in [0.15, 0.2) is 9.72 Å². The number of sulfonamides is 1. The zero-order chi connectivity index (χ0) is 16.2. The van der Waals surface area contributed by atoms with E-state index >= 15 is 0 Å². The molecule has 0 fully saturated rings. The molecule has 1 amide bonds. The molecule has 1 heterocycles. The largest absolute Gasteiger partial charge is 0.476 e. The van der Waals surface area contributed by atoms with E-state index < -0.39 is 27.6 Å². The van der Waals surface area contributed by atoms with Crippen LogP contribution in [0.2, 0.25) is 0 Å². The van der Waals surface area contributed by atoms with Gasteiger partial charge in [-0.15, -0.1) is 11.3 Å². The second kappa shape index (κ2) is 6.96. The number of amides is 1. The van der Waals surface area contributed by atoms with E-state index in [0.717, 1.165) is 9.82 Å². The monoisotopic (exact) mass is 335 g/mol. The molecule has 0 aliphatic heterocycles. The summed E-state index contributed by atoms with van der Waals surface area (Å²) in [5.41, 5.74) is 0.626. The fourth-order valence-electron chi connectivity index (χ4n) is 1.57. The van der Waals surface area contributed by atoms with Crippen LogP contribution in [0, 0.1) is 0 Å². The van der Waals surface area contributed by atoms with E-state index in [1.807, 2.05) is 0 Å². The van der Waals surface area contributed by atoms with Crippen molar-refractivity contribution in [2.24, 2.45) is 0 Å². The molecule has 0 aliphatic carbocycles. The average molecular weight is 335 g/mol. The summed E-state index contributed by atoms with van der Waals surface area (Å²) in [6.45, 7) is 4.77. The summed E-state index contributed by atoms with van der Waals surface area (Å²) in [4.78, 5) is 26.2. The number of carbonyl (C=O) groups is 2. The third-order valence-electron chi connectivity index (χ3n) is 2.43. The van der Waals surface area contributed by atoms with Crippen LogP contribution in [0.25, 0.3) is 0 Å². The van der Waals surface area contributed by atoms with Gasteiger partial charge in [-0.1, -0.05) is 6.92 Å². The van der Waals surface area contributed by atoms with Gasteiger partial charge in [0.2, 0.25) is 5.91 Å². The molecular weight excluding hydrogens is 318 g/mol. The van der Waals surface area contributed by atoms with Crippen LogP contribution in [-0.2, 0) is 14.8 Å². The molecule has 1 aromatic heterocycles. The van der Waals surface area contributed by atoms with Gasteiger partial charge >= 0.3 is 5.97 Å². The lowest BCUT2D eigenvalue weighted by atomic mass is 10.4. The molecule has 21 heavy (non-hydrogen) atoms. The Morgan fingerprint density at radius 3 is 2.57 bits per heavy atom. The number of likely N-dealkylation sites (N-methyl/N-ethyl adjacent to an activating group) is 1. The summed E-state index contributed by atoms with van der Waals surface area (Å²) >= 11 is 0.716. The molecule has 1 aromatic rings. The van der Waals surface area contributed by atoms with Crippen molar-refractivity contribution < 1.29 is 23.1 Å². The van der Waals surface area contributed by atoms with Gasteiger partial charge in [0.15, 0.2) is 9.90 Å². The first-order chi connectivity index (χ1) is 9.70. The van der Waals surface area contributed by atoms with Crippen molar-refractivity contribution in [3.05, 3.63) is 11.2 Å². The van der Waals surface area contributed by atoms with E-state index in [4.69, 9.17) is 5.11 Å². The third kappa shape index (κ3) is 4.22. The number of aromatic carboxylic acids is 1. The van der Waals surface area contributed by atoms with Crippen molar-refractivity contribution in [1.82, 2.24) is 14.6 Å². The lowest BCUT2D eigenvalue weighted by molar-refractivity contribution is -0.121. The molecule has 2 N–H and O–H groups in total. The average Bonchev–Trinajstić information content (AvgIpc) is 2.84. The van der Waals surface area contributed by atoms with Gasteiger partial charge in [0.1, 0.15) is 0 Å². The Kier molecular flexibility index (Phi) is 5.81. The van der Waals surface area contributed by atoms with Crippen molar-refractivity contribution in [3.8, 4) is 0 Å². The van der Waals surface area contributed by atoms with Gasteiger partial charge in [-0.2, -0.15) is 4.31 Å². The smallest absolute Gasteiger partial charge is 0.356 e. The van der Waals surface area contributed by atoms with E-state index in [2.05, 4.69) is 10.3 Å². The molecule has 10 heteroatoms. The molecule has 0 bridgehead atoms. The fraction of sp³-hybridized carbons (Fsp3) is 0.545. The van der Waals surface area contributed by atoms with Gasteiger partial charge in [-0.3, -0.25) is 4.79 Å². The van der Waals surface area contributed by atoms with Gasteiger partial charge < -0.3 is 10.4 Å². The predicted molar refractivity (Wildman–Crippen MR) is 76.8 cm³/mol. The number of carbonyl (C=O) groups excluding carboxylic acids is 1. The molecular formula is C11H17N3O5S2. The minimum Gasteiger partial charge on any atom is -0.476 e. The molecule has 1 rings (SSSR count). The Balaban J connectivity index is 3.05. The second-order valence-corrected chi connectivity index (χ2v) is 7.43. The molecule has 0 saturated heterocycles. The zero-order valence-corrected chi connectivity index (χ0v) is 13.5. The molecule has 118 valence electrons. The second-order valence-electron chi connectivity index (χ2n) is 4.45. The molecule has 0 atom stereocenters. The van der Waals surface area contributed by atoms with Crippen molar-refractivity contribution in [3.63, 3.8) is 0 Å². The summed E-state index contributed by atoms with van der Waals surface area (Å²) in [5.74, 6) is -1.87. The highest BCUT2D eigenvalue weighted by Crippen LogP contribution is 2.23. The summed E-state index contributed by atoms with van der Waals surface area (Å²) in [6.07, 6.45) is 0. The standard InChI is InChI=1S/C11H17N3O5S2/c1-4-14(5-8(15)13-7(2)3)21(18,19)11-9(10(16)17)12-6-20-11/h6-7H,4-5H2,1-3H3,(H,13,15)(H,16,17). The van der Waals surface area contributed by atoms with Crippen LogP contribution in [0.4, 0.5) is 0 Å². The summed E-state index contributed by atoms with van der Waals surface area (Å²) in [7, 11) is -4.07. The van der Waals surface area contributed by atoms with Crippen LogP contribution in [0.5, 0.6) is 0 Å². The Morgan fingerprint density at radius 2 is 2.10 bits per heavy atom. The number of hydrogen-bond acceptors (Lipinski definition) is 6. The Hall–Kier alpha value is -1.52. The zero-order valence-electron chi connectivity index (χ0n) is 11.9. The van der Waals surface area contributed by atoms with Crippen LogP contribution in [-0.4, -0.2) is 53.8 Å². The molecule has 0 radical (unpaired) electrons. The Labute approximate surface area is 126 Å². The minimum atomic E-state index is -4.07. The number of nitrogens with zero attached hydrogens (tertiary/aromatic N) is 2. The number of rotatable bonds is 7. The first-order valence-electron chi connectivity index (χ1n) is 6.16. The van der Waals surface area contributed by atoms with Gasteiger partial charge in [-0.25, -0.2) is 18.2 Å². The SMILES string of the molecule is CCN(CC(=O)NC(C)C)S(=O)(=O)c1scnc1C(=O)O. The molecule has 0 aromatic carbocycles. The van der Waals surface area contributed by atoms with Crippen molar-refractivity contribution in [2.45, 2.75) is 31.0 Å². The number of hydrogen-bond donors (Lipinski definition) is 2. The molecule has 0 spiro atoms. The Bertz CT molecular complexity index is 624. The van der Waals surface area contributed by atoms with Crippen molar-refractivity contribution in [2.75, 3.05) is 13.1 Å². The maximum atomic E-state index is 12.4. The Morgan fingerprint density at radius 1 is 1.48 bits per heavy atom. The van der Waals surface area contributed by atoms with Gasteiger partial charge in [0.25, 0.3) is 10.0 Å². The highest BCUT2D eigenvalue weighted by atomic mass is 32.2. The normalized spacial score (nSPS) is 11.9. The summed E-state index contributed by atoms with van der Waals surface area (Å²) in [5, 5.41) is 11.5. The number of thiazole rings is 1. The highest BCUT2D eigenvalue weighted by molar-refractivity contribution is 7.91. The number of nitrogens with one attached hydrogen (secondary N) is 1. The number of carboxylic acids is 1. The van der Waals surface area contributed by atoms with E-state index in [-0.39, 0.29) is 23.3 Å². The number of carboxylic acid groups (broad SMARTS) is 1. The molecule has 0 unspecified atom stereocenters. The molecule has 0 aliphatic rings. The quantitative estimate of drug-likeness (QED) is 0.744. The van der Waals surface area contributed by atoms with Gasteiger partial charge in [-0.05, 0) is 13.8 Å². The summed E-state index contributed by atoms with van der Waals surface area (Å²) in [6, 6.07) is -0.114. The van der Waals surface area contributed by atoms with E-state index in [0.29, 0.717) is 11.3 Å².